The molecule has 0 radical (unpaired) electrons. The zero-order chi connectivity index (χ0) is 9.26. The molecule has 1 N–H and O–H groups in total. The molecule has 1 aromatic carbocycles. The van der Waals surface area contributed by atoms with Gasteiger partial charge in [0.1, 0.15) is 5.82 Å². The average molecular weight is 179 g/mol. The molecule has 1 nitrogen and oxygen atoms in total. The van der Waals surface area contributed by atoms with Crippen LogP contribution >= 0.6 is 0 Å². The smallest absolute Gasteiger partial charge is 0.126 e. The summed E-state index contributed by atoms with van der Waals surface area (Å²) in [4.78, 5) is 0. The Morgan fingerprint density at radius 1 is 1.46 bits per heavy atom. The lowest BCUT2D eigenvalue weighted by molar-refractivity contribution is 0.616. The number of halogens is 1. The molecule has 1 fully saturated rings. The van der Waals surface area contributed by atoms with Gasteiger partial charge in [0.25, 0.3) is 0 Å². The van der Waals surface area contributed by atoms with E-state index in [0.717, 1.165) is 18.7 Å². The van der Waals surface area contributed by atoms with E-state index in [1.807, 2.05) is 19.1 Å². The first-order valence-electron chi connectivity index (χ1n) is 4.74. The molecular weight excluding hydrogens is 165 g/mol. The molecule has 0 aromatic heterocycles. The molecule has 1 unspecified atom stereocenters. The molecule has 0 aliphatic carbocycles. The van der Waals surface area contributed by atoms with E-state index in [0.29, 0.717) is 5.92 Å². The van der Waals surface area contributed by atoms with Gasteiger partial charge in [0, 0.05) is 6.54 Å². The summed E-state index contributed by atoms with van der Waals surface area (Å²) in [5.74, 6) is 0.481. The molecule has 0 bridgehead atoms. The lowest BCUT2D eigenvalue weighted by atomic mass is 9.97. The third-order valence-electron chi connectivity index (χ3n) is 2.71. The molecule has 1 heterocycles. The van der Waals surface area contributed by atoms with Crippen molar-refractivity contribution in [3.63, 3.8) is 0 Å². The quantitative estimate of drug-likeness (QED) is 0.697. The van der Waals surface area contributed by atoms with Crippen molar-refractivity contribution in [2.75, 3.05) is 13.1 Å². The Hall–Kier alpha value is -0.890. The third kappa shape index (κ3) is 1.73. The van der Waals surface area contributed by atoms with Crippen molar-refractivity contribution in [3.05, 3.63) is 35.1 Å². The maximum absolute atomic E-state index is 13.0. The van der Waals surface area contributed by atoms with E-state index >= 15 is 0 Å². The maximum atomic E-state index is 13.0. The van der Waals surface area contributed by atoms with E-state index in [9.17, 15) is 4.39 Å². The Morgan fingerprint density at radius 2 is 2.31 bits per heavy atom. The number of aryl methyl sites for hydroxylation is 1. The summed E-state index contributed by atoms with van der Waals surface area (Å²) in [5.41, 5.74) is 2.02. The molecule has 0 saturated carbocycles. The van der Waals surface area contributed by atoms with E-state index in [1.165, 1.54) is 12.0 Å². The predicted molar refractivity (Wildman–Crippen MR) is 51.4 cm³/mol. The second-order valence-corrected chi connectivity index (χ2v) is 3.70. The molecule has 1 atom stereocenters. The highest BCUT2D eigenvalue weighted by Crippen LogP contribution is 2.23. The SMILES string of the molecule is Cc1cc(C2CCNC2)ccc1F. The van der Waals surface area contributed by atoms with Crippen LogP contribution in [0.2, 0.25) is 0 Å². The highest BCUT2D eigenvalue weighted by Gasteiger charge is 2.16. The van der Waals surface area contributed by atoms with Gasteiger partial charge in [0.05, 0.1) is 0 Å². The van der Waals surface area contributed by atoms with Gasteiger partial charge in [0.2, 0.25) is 0 Å². The van der Waals surface area contributed by atoms with Crippen LogP contribution in [0, 0.1) is 12.7 Å². The monoisotopic (exact) mass is 179 g/mol. The highest BCUT2D eigenvalue weighted by molar-refractivity contribution is 5.27. The number of hydrogen-bond acceptors (Lipinski definition) is 1. The van der Waals surface area contributed by atoms with Crippen molar-refractivity contribution in [3.8, 4) is 0 Å². The normalized spacial score (nSPS) is 22.2. The topological polar surface area (TPSA) is 12.0 Å². The number of hydrogen-bond donors (Lipinski definition) is 1. The molecule has 1 aliphatic heterocycles. The Balaban J connectivity index is 2.25. The number of benzene rings is 1. The highest BCUT2D eigenvalue weighted by atomic mass is 19.1. The van der Waals surface area contributed by atoms with Gasteiger partial charge in [-0.1, -0.05) is 12.1 Å². The van der Waals surface area contributed by atoms with E-state index in [1.54, 1.807) is 6.07 Å². The van der Waals surface area contributed by atoms with E-state index in [4.69, 9.17) is 0 Å². The fourth-order valence-electron chi connectivity index (χ4n) is 1.86. The largest absolute Gasteiger partial charge is 0.316 e. The Labute approximate surface area is 78.0 Å². The van der Waals surface area contributed by atoms with E-state index in [2.05, 4.69) is 5.32 Å². The minimum absolute atomic E-state index is 0.102. The fourth-order valence-corrected chi connectivity index (χ4v) is 1.86. The van der Waals surface area contributed by atoms with Gasteiger partial charge in [-0.05, 0) is 43.0 Å². The van der Waals surface area contributed by atoms with Gasteiger partial charge >= 0.3 is 0 Å². The van der Waals surface area contributed by atoms with Crippen LogP contribution in [0.3, 0.4) is 0 Å². The van der Waals surface area contributed by atoms with Gasteiger partial charge in [-0.3, -0.25) is 0 Å². The first-order chi connectivity index (χ1) is 6.27. The summed E-state index contributed by atoms with van der Waals surface area (Å²) in [6.45, 7) is 3.94. The molecule has 1 aromatic rings. The van der Waals surface area contributed by atoms with E-state index in [-0.39, 0.29) is 5.82 Å². The minimum atomic E-state index is -0.102. The Kier molecular flexibility index (Phi) is 2.32. The molecule has 70 valence electrons. The third-order valence-corrected chi connectivity index (χ3v) is 2.71. The lowest BCUT2D eigenvalue weighted by Gasteiger charge is -2.09. The summed E-state index contributed by atoms with van der Waals surface area (Å²) in [7, 11) is 0. The van der Waals surface area contributed by atoms with Crippen molar-refractivity contribution in [1.29, 1.82) is 0 Å². The summed E-state index contributed by atoms with van der Waals surface area (Å²) < 4.78 is 13.0. The first-order valence-corrected chi connectivity index (χ1v) is 4.74. The molecule has 0 amide bonds. The fraction of sp³-hybridized carbons (Fsp3) is 0.455. The second kappa shape index (κ2) is 3.46. The zero-order valence-electron chi connectivity index (χ0n) is 7.81. The van der Waals surface area contributed by atoms with Gasteiger partial charge < -0.3 is 5.32 Å². The molecule has 1 saturated heterocycles. The second-order valence-electron chi connectivity index (χ2n) is 3.70. The van der Waals surface area contributed by atoms with Crippen molar-refractivity contribution in [2.45, 2.75) is 19.3 Å². The number of nitrogens with one attached hydrogen (secondary N) is 1. The summed E-state index contributed by atoms with van der Waals surface area (Å²) in [5, 5.41) is 3.31. The van der Waals surface area contributed by atoms with Crippen molar-refractivity contribution >= 4 is 0 Å². The molecular formula is C11H14FN. The van der Waals surface area contributed by atoms with Crippen LogP contribution in [-0.2, 0) is 0 Å². The molecule has 2 rings (SSSR count). The Bertz CT molecular complexity index is 303. The van der Waals surface area contributed by atoms with Gasteiger partial charge in [-0.2, -0.15) is 0 Å². The summed E-state index contributed by atoms with van der Waals surface area (Å²) in [6, 6.07) is 5.44. The minimum Gasteiger partial charge on any atom is -0.316 e. The zero-order valence-corrected chi connectivity index (χ0v) is 7.81. The van der Waals surface area contributed by atoms with Crippen LogP contribution in [0.25, 0.3) is 0 Å². The molecule has 13 heavy (non-hydrogen) atoms. The summed E-state index contributed by atoms with van der Waals surface area (Å²) in [6.07, 6.45) is 1.17. The van der Waals surface area contributed by atoms with Crippen LogP contribution < -0.4 is 5.32 Å². The predicted octanol–water partition coefficient (Wildman–Crippen LogP) is 2.21. The van der Waals surface area contributed by atoms with Crippen LogP contribution in [-0.4, -0.2) is 13.1 Å². The standard InChI is InChI=1S/C11H14FN/c1-8-6-9(2-3-11(8)12)10-4-5-13-7-10/h2-3,6,10,13H,4-5,7H2,1H3. The Morgan fingerprint density at radius 3 is 2.92 bits per heavy atom. The lowest BCUT2D eigenvalue weighted by Crippen LogP contribution is -2.08. The molecule has 1 aliphatic rings. The van der Waals surface area contributed by atoms with Crippen LogP contribution in [0.1, 0.15) is 23.5 Å². The van der Waals surface area contributed by atoms with E-state index < -0.39 is 0 Å². The molecule has 2 heteroatoms. The molecule has 0 spiro atoms. The van der Waals surface area contributed by atoms with Gasteiger partial charge in [-0.15, -0.1) is 0 Å². The maximum Gasteiger partial charge on any atom is 0.126 e. The van der Waals surface area contributed by atoms with Crippen molar-refractivity contribution in [1.82, 2.24) is 5.32 Å². The summed E-state index contributed by atoms with van der Waals surface area (Å²) >= 11 is 0. The van der Waals surface area contributed by atoms with Crippen LogP contribution in [0.4, 0.5) is 4.39 Å². The van der Waals surface area contributed by atoms with Gasteiger partial charge in [0.15, 0.2) is 0 Å². The van der Waals surface area contributed by atoms with Gasteiger partial charge in [-0.25, -0.2) is 4.39 Å². The van der Waals surface area contributed by atoms with Crippen LogP contribution in [0.5, 0.6) is 0 Å². The van der Waals surface area contributed by atoms with Crippen LogP contribution in [0.15, 0.2) is 18.2 Å². The number of rotatable bonds is 1. The van der Waals surface area contributed by atoms with Crippen molar-refractivity contribution < 1.29 is 4.39 Å². The first kappa shape index (κ1) is 8.70. The average Bonchev–Trinajstić information content (AvgIpc) is 2.62. The van der Waals surface area contributed by atoms with Crippen molar-refractivity contribution in [2.24, 2.45) is 0 Å².